The minimum Gasteiger partial charge on any atom is -0.342 e. The molecule has 1 N–H and O–H groups in total. The number of nitrogens with zero attached hydrogens (tertiary/aromatic N) is 1. The predicted octanol–water partition coefficient (Wildman–Crippen LogP) is 1.79. The lowest BCUT2D eigenvalue weighted by Gasteiger charge is -2.35. The first-order chi connectivity index (χ1) is 8.48. The third-order valence-corrected chi connectivity index (χ3v) is 3.92. The number of amides is 1. The van der Waals surface area contributed by atoms with E-state index >= 15 is 0 Å². The van der Waals surface area contributed by atoms with Crippen LogP contribution < -0.4 is 5.32 Å². The van der Waals surface area contributed by atoms with Crippen LogP contribution in [0.4, 0.5) is 13.2 Å². The highest BCUT2D eigenvalue weighted by molar-refractivity contribution is 5.79. The van der Waals surface area contributed by atoms with Crippen LogP contribution in [0.25, 0.3) is 0 Å². The first kappa shape index (κ1) is 13.6. The molecule has 2 fully saturated rings. The molecular formula is C12H19F3N2O. The Morgan fingerprint density at radius 1 is 1.17 bits per heavy atom. The number of hydrogen-bond acceptors (Lipinski definition) is 2. The molecule has 2 aliphatic heterocycles. The molecule has 0 aliphatic carbocycles. The van der Waals surface area contributed by atoms with E-state index in [0.29, 0.717) is 6.54 Å². The van der Waals surface area contributed by atoms with Gasteiger partial charge in [-0.15, -0.1) is 0 Å². The molecule has 0 bridgehead atoms. The predicted molar refractivity (Wildman–Crippen MR) is 61.0 cm³/mol. The largest absolute Gasteiger partial charge is 0.391 e. The van der Waals surface area contributed by atoms with E-state index in [1.54, 1.807) is 4.90 Å². The number of alkyl halides is 3. The van der Waals surface area contributed by atoms with Crippen LogP contribution >= 0.6 is 0 Å². The second-order valence-corrected chi connectivity index (χ2v) is 5.18. The van der Waals surface area contributed by atoms with Crippen molar-refractivity contribution in [2.24, 2.45) is 11.8 Å². The standard InChI is InChI=1S/C12H19F3N2O/c13-12(14,15)10-3-6-17(7-4-10)11(18)9-2-1-5-16-8-9/h9-10,16H,1-8H2/t9-/m0/s1. The highest BCUT2D eigenvalue weighted by atomic mass is 19.4. The molecule has 0 unspecified atom stereocenters. The smallest absolute Gasteiger partial charge is 0.342 e. The first-order valence-corrected chi connectivity index (χ1v) is 6.54. The maximum atomic E-state index is 12.5. The lowest BCUT2D eigenvalue weighted by Crippen LogP contribution is -2.47. The quantitative estimate of drug-likeness (QED) is 0.783. The zero-order valence-electron chi connectivity index (χ0n) is 10.3. The Labute approximate surface area is 105 Å². The number of piperidine rings is 2. The summed E-state index contributed by atoms with van der Waals surface area (Å²) < 4.78 is 37.5. The summed E-state index contributed by atoms with van der Waals surface area (Å²) in [4.78, 5) is 13.7. The molecule has 0 saturated carbocycles. The lowest BCUT2D eigenvalue weighted by atomic mass is 9.93. The number of likely N-dealkylation sites (tertiary alicyclic amines) is 1. The molecule has 0 aromatic carbocycles. The second-order valence-electron chi connectivity index (χ2n) is 5.18. The lowest BCUT2D eigenvalue weighted by molar-refractivity contribution is -0.187. The SMILES string of the molecule is O=C([C@H]1CCCNC1)N1CCC(C(F)(F)F)CC1. The molecule has 0 radical (unpaired) electrons. The third kappa shape index (κ3) is 3.16. The van der Waals surface area contributed by atoms with E-state index in [1.807, 2.05) is 0 Å². The van der Waals surface area contributed by atoms with Gasteiger partial charge in [0.05, 0.1) is 11.8 Å². The van der Waals surface area contributed by atoms with Gasteiger partial charge in [-0.05, 0) is 32.2 Å². The number of rotatable bonds is 1. The maximum absolute atomic E-state index is 12.5. The summed E-state index contributed by atoms with van der Waals surface area (Å²) in [6, 6.07) is 0. The van der Waals surface area contributed by atoms with Crippen LogP contribution in [0.1, 0.15) is 25.7 Å². The zero-order valence-corrected chi connectivity index (χ0v) is 10.3. The average Bonchev–Trinajstić information content (AvgIpc) is 2.38. The maximum Gasteiger partial charge on any atom is 0.391 e. The summed E-state index contributed by atoms with van der Waals surface area (Å²) in [6.07, 6.45) is -2.19. The van der Waals surface area contributed by atoms with Gasteiger partial charge in [0.2, 0.25) is 5.91 Å². The molecule has 1 amide bonds. The van der Waals surface area contributed by atoms with Gasteiger partial charge in [-0.3, -0.25) is 4.79 Å². The number of hydrogen-bond donors (Lipinski definition) is 1. The van der Waals surface area contributed by atoms with Crippen LogP contribution in [0.2, 0.25) is 0 Å². The Balaban J connectivity index is 1.83. The Hall–Kier alpha value is -0.780. The van der Waals surface area contributed by atoms with Crippen LogP contribution in [-0.2, 0) is 4.79 Å². The monoisotopic (exact) mass is 264 g/mol. The van der Waals surface area contributed by atoms with E-state index in [1.165, 1.54) is 0 Å². The Bertz CT molecular complexity index is 292. The minimum absolute atomic E-state index is 0.0304. The van der Waals surface area contributed by atoms with E-state index in [2.05, 4.69) is 5.32 Å². The Morgan fingerprint density at radius 2 is 1.83 bits per heavy atom. The van der Waals surface area contributed by atoms with Gasteiger partial charge in [0.1, 0.15) is 0 Å². The molecule has 18 heavy (non-hydrogen) atoms. The van der Waals surface area contributed by atoms with Gasteiger partial charge in [0, 0.05) is 19.6 Å². The minimum atomic E-state index is -4.11. The van der Waals surface area contributed by atoms with Crippen molar-refractivity contribution < 1.29 is 18.0 Å². The van der Waals surface area contributed by atoms with Crippen molar-refractivity contribution >= 4 is 5.91 Å². The molecule has 104 valence electrons. The number of carbonyl (C=O) groups excluding carboxylic acids is 1. The Morgan fingerprint density at radius 3 is 2.33 bits per heavy atom. The van der Waals surface area contributed by atoms with Gasteiger partial charge >= 0.3 is 6.18 Å². The fourth-order valence-corrected chi connectivity index (χ4v) is 2.75. The van der Waals surface area contributed by atoms with Crippen molar-refractivity contribution in [2.45, 2.75) is 31.9 Å². The highest BCUT2D eigenvalue weighted by Crippen LogP contribution is 2.34. The molecule has 1 atom stereocenters. The van der Waals surface area contributed by atoms with E-state index < -0.39 is 12.1 Å². The molecular weight excluding hydrogens is 245 g/mol. The molecule has 0 spiro atoms. The van der Waals surface area contributed by atoms with E-state index in [0.717, 1.165) is 19.4 Å². The van der Waals surface area contributed by atoms with Crippen LogP contribution in [0, 0.1) is 11.8 Å². The van der Waals surface area contributed by atoms with Gasteiger partial charge in [0.25, 0.3) is 0 Å². The summed E-state index contributed by atoms with van der Waals surface area (Å²) in [5.41, 5.74) is 0. The molecule has 2 heterocycles. The zero-order chi connectivity index (χ0) is 13.2. The van der Waals surface area contributed by atoms with Gasteiger partial charge in [-0.2, -0.15) is 13.2 Å². The van der Waals surface area contributed by atoms with Gasteiger partial charge in [-0.1, -0.05) is 0 Å². The number of halogens is 3. The fourth-order valence-electron chi connectivity index (χ4n) is 2.75. The van der Waals surface area contributed by atoms with Crippen LogP contribution in [-0.4, -0.2) is 43.2 Å². The van der Waals surface area contributed by atoms with Crippen LogP contribution in [0.15, 0.2) is 0 Å². The molecule has 0 aromatic heterocycles. The fraction of sp³-hybridized carbons (Fsp3) is 0.917. The topological polar surface area (TPSA) is 32.3 Å². The normalized spacial score (nSPS) is 27.3. The molecule has 2 aliphatic rings. The Kier molecular flexibility index (Phi) is 4.14. The van der Waals surface area contributed by atoms with Gasteiger partial charge in [0.15, 0.2) is 0 Å². The molecule has 2 saturated heterocycles. The summed E-state index contributed by atoms with van der Waals surface area (Å²) in [5, 5.41) is 3.16. The van der Waals surface area contributed by atoms with E-state index in [4.69, 9.17) is 0 Å². The van der Waals surface area contributed by atoms with Crippen molar-refractivity contribution in [3.63, 3.8) is 0 Å². The highest BCUT2D eigenvalue weighted by Gasteiger charge is 2.42. The number of carbonyl (C=O) groups is 1. The van der Waals surface area contributed by atoms with Crippen molar-refractivity contribution in [3.8, 4) is 0 Å². The molecule has 0 aromatic rings. The summed E-state index contributed by atoms with van der Waals surface area (Å²) >= 11 is 0. The first-order valence-electron chi connectivity index (χ1n) is 6.54. The van der Waals surface area contributed by atoms with Crippen molar-refractivity contribution in [1.29, 1.82) is 0 Å². The van der Waals surface area contributed by atoms with E-state index in [-0.39, 0.29) is 37.8 Å². The summed E-state index contributed by atoms with van der Waals surface area (Å²) in [6.45, 7) is 2.09. The molecule has 3 nitrogen and oxygen atoms in total. The van der Waals surface area contributed by atoms with Crippen LogP contribution in [0.5, 0.6) is 0 Å². The second kappa shape index (κ2) is 5.47. The van der Waals surface area contributed by atoms with Crippen molar-refractivity contribution in [3.05, 3.63) is 0 Å². The summed E-state index contributed by atoms with van der Waals surface area (Å²) in [5.74, 6) is -1.24. The summed E-state index contributed by atoms with van der Waals surface area (Å²) in [7, 11) is 0. The molecule has 6 heteroatoms. The third-order valence-electron chi connectivity index (χ3n) is 3.92. The number of nitrogens with one attached hydrogen (secondary N) is 1. The molecule has 2 rings (SSSR count). The van der Waals surface area contributed by atoms with Gasteiger partial charge < -0.3 is 10.2 Å². The van der Waals surface area contributed by atoms with Crippen LogP contribution in [0.3, 0.4) is 0 Å². The van der Waals surface area contributed by atoms with Crippen molar-refractivity contribution in [2.75, 3.05) is 26.2 Å². The average molecular weight is 264 g/mol. The van der Waals surface area contributed by atoms with Gasteiger partial charge in [-0.25, -0.2) is 0 Å². The van der Waals surface area contributed by atoms with E-state index in [9.17, 15) is 18.0 Å². The van der Waals surface area contributed by atoms with Crippen molar-refractivity contribution in [1.82, 2.24) is 10.2 Å².